The first kappa shape index (κ1) is 14.1. The highest BCUT2D eigenvalue weighted by molar-refractivity contribution is 7.09. The highest BCUT2D eigenvalue weighted by atomic mass is 32.1. The Morgan fingerprint density at radius 1 is 1.05 bits per heavy atom. The standard InChI is InChI=1S/C18H18O2S/c1-20-18-11-9-15(14-6-2-3-7-16(14)18)17(19)10-8-13-5-4-12-21-13/h2-7,9,11-12,17,19H,8,10H2,1H3. The second-order valence-electron chi connectivity index (χ2n) is 5.04. The Balaban J connectivity index is 1.89. The molecule has 2 nitrogen and oxygen atoms in total. The van der Waals surface area contributed by atoms with Gasteiger partial charge < -0.3 is 9.84 Å². The molecule has 1 N–H and O–H groups in total. The van der Waals surface area contributed by atoms with Gasteiger partial charge in [0.2, 0.25) is 0 Å². The van der Waals surface area contributed by atoms with Gasteiger partial charge in [0, 0.05) is 10.3 Å². The summed E-state index contributed by atoms with van der Waals surface area (Å²) in [5, 5.41) is 14.7. The highest BCUT2D eigenvalue weighted by Gasteiger charge is 2.13. The van der Waals surface area contributed by atoms with E-state index in [1.54, 1.807) is 18.4 Å². The van der Waals surface area contributed by atoms with Crippen molar-refractivity contribution in [1.82, 2.24) is 0 Å². The van der Waals surface area contributed by atoms with E-state index in [4.69, 9.17) is 4.74 Å². The number of hydrogen-bond donors (Lipinski definition) is 1. The maximum absolute atomic E-state index is 10.5. The van der Waals surface area contributed by atoms with Crippen molar-refractivity contribution in [2.45, 2.75) is 18.9 Å². The first-order chi connectivity index (χ1) is 10.3. The fourth-order valence-corrected chi connectivity index (χ4v) is 3.38. The molecule has 0 amide bonds. The van der Waals surface area contributed by atoms with E-state index in [-0.39, 0.29) is 0 Å². The summed E-state index contributed by atoms with van der Waals surface area (Å²) in [6.07, 6.45) is 1.18. The number of methoxy groups -OCH3 is 1. The summed E-state index contributed by atoms with van der Waals surface area (Å²) < 4.78 is 5.40. The van der Waals surface area contributed by atoms with Crippen molar-refractivity contribution in [3.8, 4) is 5.75 Å². The van der Waals surface area contributed by atoms with E-state index in [1.807, 2.05) is 36.4 Å². The summed E-state index contributed by atoms with van der Waals surface area (Å²) in [7, 11) is 1.68. The molecule has 21 heavy (non-hydrogen) atoms. The second-order valence-corrected chi connectivity index (χ2v) is 6.07. The number of thiophene rings is 1. The predicted octanol–water partition coefficient (Wildman–Crippen LogP) is 4.58. The van der Waals surface area contributed by atoms with E-state index in [2.05, 4.69) is 17.5 Å². The lowest BCUT2D eigenvalue weighted by atomic mass is 9.97. The average molecular weight is 298 g/mol. The SMILES string of the molecule is COc1ccc(C(O)CCc2cccs2)c2ccccc12. The predicted molar refractivity (Wildman–Crippen MR) is 88.1 cm³/mol. The van der Waals surface area contributed by atoms with Crippen molar-refractivity contribution >= 4 is 22.1 Å². The Hall–Kier alpha value is -1.84. The number of aryl methyl sites for hydroxylation is 1. The third kappa shape index (κ3) is 2.94. The summed E-state index contributed by atoms with van der Waals surface area (Å²) in [5.74, 6) is 0.847. The van der Waals surface area contributed by atoms with Crippen molar-refractivity contribution in [3.05, 3.63) is 64.4 Å². The zero-order valence-corrected chi connectivity index (χ0v) is 12.8. The molecule has 0 saturated carbocycles. The van der Waals surface area contributed by atoms with Crippen LogP contribution in [0.15, 0.2) is 53.9 Å². The first-order valence-corrected chi connectivity index (χ1v) is 7.93. The summed E-state index contributed by atoms with van der Waals surface area (Å²) in [6.45, 7) is 0. The van der Waals surface area contributed by atoms with Crippen LogP contribution in [0, 0.1) is 0 Å². The van der Waals surface area contributed by atoms with Crippen molar-refractivity contribution in [2.24, 2.45) is 0 Å². The number of aliphatic hydroxyl groups excluding tert-OH is 1. The molecule has 3 heteroatoms. The van der Waals surface area contributed by atoms with Gasteiger partial charge in [0.1, 0.15) is 5.75 Å². The molecule has 0 radical (unpaired) electrons. The molecule has 0 spiro atoms. The minimum absolute atomic E-state index is 0.456. The summed E-state index contributed by atoms with van der Waals surface area (Å²) in [5.41, 5.74) is 0.975. The third-order valence-corrected chi connectivity index (χ3v) is 4.68. The number of benzene rings is 2. The van der Waals surface area contributed by atoms with Gasteiger partial charge in [-0.1, -0.05) is 36.4 Å². The molecule has 1 aromatic heterocycles. The minimum Gasteiger partial charge on any atom is -0.496 e. The minimum atomic E-state index is -0.456. The van der Waals surface area contributed by atoms with Crippen molar-refractivity contribution < 1.29 is 9.84 Å². The van der Waals surface area contributed by atoms with Gasteiger partial charge in [-0.15, -0.1) is 11.3 Å². The molecule has 1 atom stereocenters. The fourth-order valence-electron chi connectivity index (χ4n) is 2.65. The summed E-state index contributed by atoms with van der Waals surface area (Å²) in [4.78, 5) is 1.31. The van der Waals surface area contributed by atoms with Crippen LogP contribution in [0.25, 0.3) is 10.8 Å². The van der Waals surface area contributed by atoms with E-state index >= 15 is 0 Å². The molecular formula is C18H18O2S. The Kier molecular flexibility index (Phi) is 4.23. The topological polar surface area (TPSA) is 29.5 Å². The number of rotatable bonds is 5. The molecule has 3 aromatic rings. The average Bonchev–Trinajstić information content (AvgIpc) is 3.05. The Labute approximate surface area is 128 Å². The van der Waals surface area contributed by atoms with Crippen molar-refractivity contribution in [2.75, 3.05) is 7.11 Å². The van der Waals surface area contributed by atoms with E-state index in [0.717, 1.165) is 34.9 Å². The van der Waals surface area contributed by atoms with Gasteiger partial charge in [0.15, 0.2) is 0 Å². The molecule has 1 heterocycles. The van der Waals surface area contributed by atoms with Crippen LogP contribution in [0.4, 0.5) is 0 Å². The van der Waals surface area contributed by atoms with E-state index < -0.39 is 6.10 Å². The van der Waals surface area contributed by atoms with Crippen LogP contribution < -0.4 is 4.74 Å². The van der Waals surface area contributed by atoms with Crippen LogP contribution in [0.3, 0.4) is 0 Å². The summed E-state index contributed by atoms with van der Waals surface area (Å²) >= 11 is 1.74. The fraction of sp³-hybridized carbons (Fsp3) is 0.222. The molecule has 0 aliphatic rings. The van der Waals surface area contributed by atoms with Crippen LogP contribution >= 0.6 is 11.3 Å². The van der Waals surface area contributed by atoms with Crippen LogP contribution in [0.1, 0.15) is 23.0 Å². The highest BCUT2D eigenvalue weighted by Crippen LogP contribution is 2.33. The molecular weight excluding hydrogens is 280 g/mol. The monoisotopic (exact) mass is 298 g/mol. The molecule has 0 bridgehead atoms. The van der Waals surface area contributed by atoms with E-state index in [0.29, 0.717) is 0 Å². The molecule has 0 saturated heterocycles. The molecule has 0 fully saturated rings. The normalized spacial score (nSPS) is 12.5. The molecule has 0 aliphatic carbocycles. The number of fused-ring (bicyclic) bond motifs is 1. The number of aliphatic hydroxyl groups is 1. The smallest absolute Gasteiger partial charge is 0.126 e. The Morgan fingerprint density at radius 2 is 1.86 bits per heavy atom. The molecule has 1 unspecified atom stereocenters. The van der Waals surface area contributed by atoms with Crippen LogP contribution in [-0.4, -0.2) is 12.2 Å². The maximum Gasteiger partial charge on any atom is 0.126 e. The lowest BCUT2D eigenvalue weighted by Crippen LogP contribution is -2.00. The molecule has 0 aliphatic heterocycles. The van der Waals surface area contributed by atoms with E-state index in [9.17, 15) is 5.11 Å². The van der Waals surface area contributed by atoms with Gasteiger partial charge in [-0.25, -0.2) is 0 Å². The lowest BCUT2D eigenvalue weighted by Gasteiger charge is -2.15. The zero-order valence-electron chi connectivity index (χ0n) is 12.0. The van der Waals surface area contributed by atoms with Gasteiger partial charge in [0.25, 0.3) is 0 Å². The number of ether oxygens (including phenoxy) is 1. The van der Waals surface area contributed by atoms with Crippen molar-refractivity contribution in [1.29, 1.82) is 0 Å². The maximum atomic E-state index is 10.5. The Bertz CT molecular complexity index is 719. The largest absolute Gasteiger partial charge is 0.496 e. The van der Waals surface area contributed by atoms with Gasteiger partial charge in [-0.05, 0) is 41.3 Å². The van der Waals surface area contributed by atoms with Gasteiger partial charge in [0.05, 0.1) is 13.2 Å². The van der Waals surface area contributed by atoms with Crippen LogP contribution in [0.2, 0.25) is 0 Å². The Morgan fingerprint density at radius 3 is 2.57 bits per heavy atom. The lowest BCUT2D eigenvalue weighted by molar-refractivity contribution is 0.169. The molecule has 2 aromatic carbocycles. The molecule has 108 valence electrons. The second kappa shape index (κ2) is 6.29. The summed E-state index contributed by atoms with van der Waals surface area (Å²) in [6, 6.07) is 16.1. The quantitative estimate of drug-likeness (QED) is 0.747. The van der Waals surface area contributed by atoms with Gasteiger partial charge in [-0.2, -0.15) is 0 Å². The third-order valence-electron chi connectivity index (χ3n) is 3.74. The zero-order chi connectivity index (χ0) is 14.7. The van der Waals surface area contributed by atoms with Crippen LogP contribution in [0.5, 0.6) is 5.75 Å². The molecule has 3 rings (SSSR count). The van der Waals surface area contributed by atoms with Crippen molar-refractivity contribution in [3.63, 3.8) is 0 Å². The van der Waals surface area contributed by atoms with Gasteiger partial charge >= 0.3 is 0 Å². The number of hydrogen-bond acceptors (Lipinski definition) is 3. The van der Waals surface area contributed by atoms with Gasteiger partial charge in [-0.3, -0.25) is 0 Å². The first-order valence-electron chi connectivity index (χ1n) is 7.05. The van der Waals surface area contributed by atoms with E-state index in [1.165, 1.54) is 4.88 Å². The van der Waals surface area contributed by atoms with Crippen LogP contribution in [-0.2, 0) is 6.42 Å².